The van der Waals surface area contributed by atoms with Crippen molar-refractivity contribution in [1.82, 2.24) is 4.72 Å². The standard InChI is InChI=1S/C7H17NO4S/c1-7(9,4-5-12-2)6-8-13(3,10)11/h8-9H,4-6H2,1-3H3. The van der Waals surface area contributed by atoms with Crippen LogP contribution in [0.3, 0.4) is 0 Å². The van der Waals surface area contributed by atoms with Gasteiger partial charge < -0.3 is 9.84 Å². The third-order valence-corrected chi connectivity index (χ3v) is 2.23. The lowest BCUT2D eigenvalue weighted by atomic mass is 10.0. The van der Waals surface area contributed by atoms with Crippen LogP contribution in [0.5, 0.6) is 0 Å². The van der Waals surface area contributed by atoms with Crippen LogP contribution in [0.2, 0.25) is 0 Å². The van der Waals surface area contributed by atoms with Gasteiger partial charge >= 0.3 is 0 Å². The Hall–Kier alpha value is -0.170. The van der Waals surface area contributed by atoms with Crippen LogP contribution < -0.4 is 4.72 Å². The first-order valence-corrected chi connectivity index (χ1v) is 5.82. The SMILES string of the molecule is COCCC(C)(O)CNS(C)(=O)=O. The summed E-state index contributed by atoms with van der Waals surface area (Å²) < 4.78 is 28.4. The maximum absolute atomic E-state index is 10.7. The molecule has 1 atom stereocenters. The minimum atomic E-state index is -3.23. The van der Waals surface area contributed by atoms with Gasteiger partial charge in [0, 0.05) is 26.7 Å². The van der Waals surface area contributed by atoms with Gasteiger partial charge in [-0.05, 0) is 6.92 Å². The van der Waals surface area contributed by atoms with Crippen molar-refractivity contribution in [2.45, 2.75) is 18.9 Å². The Balaban J connectivity index is 3.89. The molecule has 13 heavy (non-hydrogen) atoms. The van der Waals surface area contributed by atoms with E-state index in [1.807, 2.05) is 0 Å². The Morgan fingerprint density at radius 2 is 2.08 bits per heavy atom. The first-order valence-electron chi connectivity index (χ1n) is 3.93. The average Bonchev–Trinajstić information content (AvgIpc) is 1.97. The zero-order chi connectivity index (χ0) is 10.5. The zero-order valence-electron chi connectivity index (χ0n) is 8.20. The molecule has 0 aromatic rings. The van der Waals surface area contributed by atoms with Crippen LogP contribution in [-0.4, -0.2) is 45.6 Å². The first-order chi connectivity index (χ1) is 5.77. The van der Waals surface area contributed by atoms with E-state index in [1.165, 1.54) is 7.11 Å². The maximum Gasteiger partial charge on any atom is 0.208 e. The van der Waals surface area contributed by atoms with E-state index in [0.29, 0.717) is 13.0 Å². The van der Waals surface area contributed by atoms with Gasteiger partial charge in [0.2, 0.25) is 10.0 Å². The molecular formula is C7H17NO4S. The van der Waals surface area contributed by atoms with Crippen LogP contribution in [-0.2, 0) is 14.8 Å². The molecule has 0 bridgehead atoms. The summed E-state index contributed by atoms with van der Waals surface area (Å²) in [5, 5.41) is 9.60. The van der Waals surface area contributed by atoms with E-state index in [0.717, 1.165) is 6.26 Å². The Morgan fingerprint density at radius 3 is 2.46 bits per heavy atom. The van der Waals surface area contributed by atoms with E-state index in [-0.39, 0.29) is 6.54 Å². The van der Waals surface area contributed by atoms with Gasteiger partial charge in [0.25, 0.3) is 0 Å². The highest BCUT2D eigenvalue weighted by molar-refractivity contribution is 7.88. The lowest BCUT2D eigenvalue weighted by Gasteiger charge is -2.22. The summed E-state index contributed by atoms with van der Waals surface area (Å²) in [6, 6.07) is 0. The Morgan fingerprint density at radius 1 is 1.54 bits per heavy atom. The lowest BCUT2D eigenvalue weighted by molar-refractivity contribution is 0.0292. The smallest absolute Gasteiger partial charge is 0.208 e. The molecule has 5 nitrogen and oxygen atoms in total. The van der Waals surface area contributed by atoms with Gasteiger partial charge in [0.1, 0.15) is 0 Å². The topological polar surface area (TPSA) is 75.6 Å². The van der Waals surface area contributed by atoms with Gasteiger partial charge in [-0.1, -0.05) is 0 Å². The second-order valence-electron chi connectivity index (χ2n) is 3.33. The number of aliphatic hydroxyl groups is 1. The van der Waals surface area contributed by atoms with Gasteiger partial charge in [-0.2, -0.15) is 0 Å². The van der Waals surface area contributed by atoms with Gasteiger partial charge in [-0.25, -0.2) is 13.1 Å². The van der Waals surface area contributed by atoms with Gasteiger partial charge in [0.05, 0.1) is 11.9 Å². The van der Waals surface area contributed by atoms with Crippen molar-refractivity contribution in [3.8, 4) is 0 Å². The molecule has 2 N–H and O–H groups in total. The molecule has 0 fully saturated rings. The van der Waals surface area contributed by atoms with E-state index < -0.39 is 15.6 Å². The van der Waals surface area contributed by atoms with E-state index in [4.69, 9.17) is 4.74 Å². The van der Waals surface area contributed by atoms with Crippen LogP contribution in [0.15, 0.2) is 0 Å². The maximum atomic E-state index is 10.7. The van der Waals surface area contributed by atoms with Crippen molar-refractivity contribution in [2.24, 2.45) is 0 Å². The normalized spacial score (nSPS) is 16.9. The fraction of sp³-hybridized carbons (Fsp3) is 1.00. The highest BCUT2D eigenvalue weighted by atomic mass is 32.2. The fourth-order valence-electron chi connectivity index (χ4n) is 0.697. The number of nitrogens with one attached hydrogen (secondary N) is 1. The van der Waals surface area contributed by atoms with Crippen LogP contribution >= 0.6 is 0 Å². The average molecular weight is 211 g/mol. The molecule has 0 heterocycles. The number of ether oxygens (including phenoxy) is 1. The monoisotopic (exact) mass is 211 g/mol. The molecular weight excluding hydrogens is 194 g/mol. The number of hydrogen-bond donors (Lipinski definition) is 2. The van der Waals surface area contributed by atoms with E-state index in [9.17, 15) is 13.5 Å². The molecule has 0 aliphatic carbocycles. The summed E-state index contributed by atoms with van der Waals surface area (Å²) in [7, 11) is -1.71. The Bertz CT molecular complexity index is 235. The van der Waals surface area contributed by atoms with Crippen molar-refractivity contribution in [3.05, 3.63) is 0 Å². The molecule has 0 spiro atoms. The van der Waals surface area contributed by atoms with Crippen molar-refractivity contribution in [1.29, 1.82) is 0 Å². The highest BCUT2D eigenvalue weighted by Crippen LogP contribution is 2.07. The largest absolute Gasteiger partial charge is 0.389 e. The van der Waals surface area contributed by atoms with E-state index >= 15 is 0 Å². The summed E-state index contributed by atoms with van der Waals surface area (Å²) in [4.78, 5) is 0. The molecule has 0 aromatic heterocycles. The molecule has 6 heteroatoms. The van der Waals surface area contributed by atoms with E-state index in [2.05, 4.69) is 4.72 Å². The minimum absolute atomic E-state index is 0.00912. The van der Waals surface area contributed by atoms with Gasteiger partial charge in [-0.3, -0.25) is 0 Å². The summed E-state index contributed by atoms with van der Waals surface area (Å²) in [5.41, 5.74) is -1.06. The molecule has 0 rings (SSSR count). The first kappa shape index (κ1) is 12.8. The minimum Gasteiger partial charge on any atom is -0.389 e. The molecule has 0 radical (unpaired) electrons. The molecule has 0 amide bonds. The molecule has 0 aliphatic rings. The van der Waals surface area contributed by atoms with Crippen molar-refractivity contribution < 1.29 is 18.3 Å². The Labute approximate surface area is 79.1 Å². The van der Waals surface area contributed by atoms with Crippen LogP contribution in [0, 0.1) is 0 Å². The molecule has 0 saturated heterocycles. The van der Waals surface area contributed by atoms with Gasteiger partial charge in [-0.15, -0.1) is 0 Å². The quantitative estimate of drug-likeness (QED) is 0.610. The summed E-state index contributed by atoms with van der Waals surface area (Å²) in [6.45, 7) is 1.97. The van der Waals surface area contributed by atoms with Crippen molar-refractivity contribution in [3.63, 3.8) is 0 Å². The molecule has 1 unspecified atom stereocenters. The predicted octanol–water partition coefficient (Wildman–Crippen LogP) is -0.677. The zero-order valence-corrected chi connectivity index (χ0v) is 9.02. The summed E-state index contributed by atoms with van der Waals surface area (Å²) >= 11 is 0. The van der Waals surface area contributed by atoms with Crippen LogP contribution in [0.25, 0.3) is 0 Å². The van der Waals surface area contributed by atoms with Crippen LogP contribution in [0.1, 0.15) is 13.3 Å². The van der Waals surface area contributed by atoms with E-state index in [1.54, 1.807) is 6.92 Å². The number of hydrogen-bond acceptors (Lipinski definition) is 4. The molecule has 80 valence electrons. The summed E-state index contributed by atoms with van der Waals surface area (Å²) in [5.74, 6) is 0. The molecule has 0 saturated carbocycles. The Kier molecular flexibility index (Phi) is 4.83. The van der Waals surface area contributed by atoms with Crippen molar-refractivity contribution >= 4 is 10.0 Å². The van der Waals surface area contributed by atoms with Crippen LogP contribution in [0.4, 0.5) is 0 Å². The fourth-order valence-corrected chi connectivity index (χ4v) is 1.27. The summed E-state index contributed by atoms with van der Waals surface area (Å²) in [6.07, 6.45) is 1.45. The number of methoxy groups -OCH3 is 1. The number of rotatable bonds is 6. The number of sulfonamides is 1. The third kappa shape index (κ3) is 8.17. The second-order valence-corrected chi connectivity index (χ2v) is 5.17. The highest BCUT2D eigenvalue weighted by Gasteiger charge is 2.21. The predicted molar refractivity (Wildman–Crippen MR) is 50.0 cm³/mol. The second kappa shape index (κ2) is 4.90. The van der Waals surface area contributed by atoms with Crippen molar-refractivity contribution in [2.75, 3.05) is 26.5 Å². The molecule has 0 aliphatic heterocycles. The molecule has 0 aromatic carbocycles. The third-order valence-electron chi connectivity index (χ3n) is 1.56. The van der Waals surface area contributed by atoms with Gasteiger partial charge in [0.15, 0.2) is 0 Å². The lowest BCUT2D eigenvalue weighted by Crippen LogP contribution is -2.40.